The van der Waals surface area contributed by atoms with Gasteiger partial charge in [0, 0.05) is 19.4 Å². The molecule has 11 atom stereocenters. The maximum absolute atomic E-state index is 12.4. The summed E-state index contributed by atoms with van der Waals surface area (Å²) in [6, 6.07) is 0. The molecule has 7 nitrogen and oxygen atoms in total. The fourth-order valence-corrected chi connectivity index (χ4v) is 9.47. The number of hydroxylamine groups is 3. The molecule has 0 radical (unpaired) electrons. The summed E-state index contributed by atoms with van der Waals surface area (Å²) in [7, 11) is 3.23. The predicted molar refractivity (Wildman–Crippen MR) is 140 cm³/mol. The Balaban J connectivity index is 1.39. The Labute approximate surface area is 218 Å². The second-order valence-electron chi connectivity index (χ2n) is 14.0. The van der Waals surface area contributed by atoms with E-state index in [-0.39, 0.29) is 39.5 Å². The monoisotopic (exact) mass is 508 g/mol. The Bertz CT molecular complexity index is 786. The molecule has 0 aromatic heterocycles. The molecule has 0 bridgehead atoms. The number of hydrogen-bond acceptors (Lipinski definition) is 5. The van der Waals surface area contributed by atoms with Crippen LogP contribution < -0.4 is 5.32 Å². The summed E-state index contributed by atoms with van der Waals surface area (Å²) in [5.41, 5.74) is -0.138. The highest BCUT2D eigenvalue weighted by Crippen LogP contribution is 2.68. The van der Waals surface area contributed by atoms with E-state index in [1.54, 1.807) is 14.1 Å². The number of amides is 1. The molecule has 4 aliphatic rings. The lowest BCUT2D eigenvalue weighted by atomic mass is 9.43. The van der Waals surface area contributed by atoms with Crippen LogP contribution in [0.25, 0.3) is 0 Å². The highest BCUT2D eigenvalue weighted by atomic mass is 16.5. The number of quaternary nitrogens is 1. The van der Waals surface area contributed by atoms with Gasteiger partial charge < -0.3 is 30.5 Å². The molecule has 4 fully saturated rings. The minimum absolute atomic E-state index is 0.0446. The van der Waals surface area contributed by atoms with Crippen molar-refractivity contribution in [2.45, 2.75) is 103 Å². The number of nitrogens with one attached hydrogen (secondary N) is 1. The minimum atomic E-state index is -0.393. The first kappa shape index (κ1) is 28.3. The summed E-state index contributed by atoms with van der Waals surface area (Å²) in [6.07, 6.45) is 7.16. The molecule has 7 heteroatoms. The van der Waals surface area contributed by atoms with Crippen LogP contribution in [0, 0.1) is 51.5 Å². The van der Waals surface area contributed by atoms with Crippen LogP contribution in [-0.2, 0) is 4.79 Å². The van der Waals surface area contributed by atoms with E-state index < -0.39 is 6.10 Å². The molecule has 0 spiro atoms. The van der Waals surface area contributed by atoms with E-state index in [1.807, 2.05) is 0 Å². The van der Waals surface area contributed by atoms with Crippen LogP contribution >= 0.6 is 0 Å². The molecule has 0 aromatic carbocycles. The van der Waals surface area contributed by atoms with Gasteiger partial charge in [-0.2, -0.15) is 0 Å². The number of aliphatic hydroxyl groups is 3. The van der Waals surface area contributed by atoms with Crippen LogP contribution in [0.5, 0.6) is 0 Å². The standard InChI is InChI=1S/C29H52N2O5/c1-18(7-10-26(35)30-13-6-14-31(4,5)36)21-8-9-22-27-23(17-25(34)29(21,22)3)28(2)12-11-20(32)15-19(28)16-24(27)33/h18-25,27,32-34H,6-17H2,1-5H3,(H,30,35). The number of carbonyl (C=O) groups excluding carboxylic acids is 1. The van der Waals surface area contributed by atoms with Crippen molar-refractivity contribution in [1.82, 2.24) is 5.32 Å². The fraction of sp³-hybridized carbons (Fsp3) is 0.966. The summed E-state index contributed by atoms with van der Waals surface area (Å²) in [5.74, 6) is 1.88. The second-order valence-corrected chi connectivity index (χ2v) is 14.0. The number of aliphatic hydroxyl groups excluding tert-OH is 3. The number of fused-ring (bicyclic) bond motifs is 5. The molecule has 0 aromatic rings. The van der Waals surface area contributed by atoms with Crippen LogP contribution in [0.2, 0.25) is 0 Å². The lowest BCUT2D eigenvalue weighted by Crippen LogP contribution is -2.62. The van der Waals surface area contributed by atoms with E-state index in [1.165, 1.54) is 0 Å². The van der Waals surface area contributed by atoms with Crippen molar-refractivity contribution < 1.29 is 24.8 Å². The quantitative estimate of drug-likeness (QED) is 0.228. The van der Waals surface area contributed by atoms with Gasteiger partial charge in [0.15, 0.2) is 0 Å². The third-order valence-corrected chi connectivity index (χ3v) is 11.5. The average Bonchev–Trinajstić information content (AvgIpc) is 3.15. The number of rotatable bonds is 8. The molecule has 4 saturated carbocycles. The number of hydrogen-bond donors (Lipinski definition) is 4. The first-order valence-corrected chi connectivity index (χ1v) is 14.6. The van der Waals surface area contributed by atoms with Crippen LogP contribution in [0.4, 0.5) is 0 Å². The molecule has 4 rings (SSSR count). The molecule has 0 saturated heterocycles. The maximum atomic E-state index is 12.4. The summed E-state index contributed by atoms with van der Waals surface area (Å²) >= 11 is 0. The van der Waals surface area contributed by atoms with Crippen LogP contribution in [0.15, 0.2) is 0 Å². The molecule has 36 heavy (non-hydrogen) atoms. The zero-order chi connectivity index (χ0) is 26.5. The molecule has 11 unspecified atom stereocenters. The van der Waals surface area contributed by atoms with Gasteiger partial charge >= 0.3 is 0 Å². The van der Waals surface area contributed by atoms with Gasteiger partial charge in [-0.1, -0.05) is 20.8 Å². The van der Waals surface area contributed by atoms with Crippen molar-refractivity contribution in [2.75, 3.05) is 27.2 Å². The molecule has 1 amide bonds. The summed E-state index contributed by atoms with van der Waals surface area (Å²) < 4.78 is -0.338. The fourth-order valence-electron chi connectivity index (χ4n) is 9.47. The molecule has 208 valence electrons. The number of nitrogens with zero attached hydrogens (tertiary/aromatic N) is 1. The Hall–Kier alpha value is -0.730. The third-order valence-electron chi connectivity index (χ3n) is 11.5. The van der Waals surface area contributed by atoms with Crippen molar-refractivity contribution in [3.05, 3.63) is 5.21 Å². The molecular weight excluding hydrogens is 456 g/mol. The van der Waals surface area contributed by atoms with Gasteiger partial charge in [0.2, 0.25) is 5.91 Å². The molecule has 0 aliphatic heterocycles. The first-order chi connectivity index (χ1) is 16.8. The Morgan fingerprint density at radius 3 is 2.50 bits per heavy atom. The predicted octanol–water partition coefficient (Wildman–Crippen LogP) is 3.44. The Morgan fingerprint density at radius 1 is 1.08 bits per heavy atom. The lowest BCUT2D eigenvalue weighted by molar-refractivity contribution is -0.840. The van der Waals surface area contributed by atoms with Gasteiger partial charge in [-0.3, -0.25) is 4.79 Å². The topological polar surface area (TPSA) is 113 Å². The van der Waals surface area contributed by atoms with E-state index in [0.29, 0.717) is 55.5 Å². The van der Waals surface area contributed by atoms with Crippen molar-refractivity contribution in [3.63, 3.8) is 0 Å². The summed E-state index contributed by atoms with van der Waals surface area (Å²) in [4.78, 5) is 12.4. The van der Waals surface area contributed by atoms with E-state index in [2.05, 4.69) is 26.1 Å². The van der Waals surface area contributed by atoms with Gasteiger partial charge in [-0.05, 0) is 97.7 Å². The van der Waals surface area contributed by atoms with Crippen LogP contribution in [0.3, 0.4) is 0 Å². The van der Waals surface area contributed by atoms with Crippen molar-refractivity contribution in [2.24, 2.45) is 46.3 Å². The third kappa shape index (κ3) is 5.25. The zero-order valence-corrected chi connectivity index (χ0v) is 23.3. The lowest BCUT2D eigenvalue weighted by Gasteiger charge is -2.63. The van der Waals surface area contributed by atoms with Crippen molar-refractivity contribution in [3.8, 4) is 0 Å². The summed E-state index contributed by atoms with van der Waals surface area (Å²) in [5, 5.41) is 48.0. The number of carbonyl (C=O) groups is 1. The van der Waals surface area contributed by atoms with Gasteiger partial charge in [0.1, 0.15) is 0 Å². The van der Waals surface area contributed by atoms with E-state index in [4.69, 9.17) is 0 Å². The Kier molecular flexibility index (Phi) is 8.20. The van der Waals surface area contributed by atoms with E-state index in [9.17, 15) is 25.3 Å². The van der Waals surface area contributed by atoms with Crippen LogP contribution in [0.1, 0.15) is 85.0 Å². The summed E-state index contributed by atoms with van der Waals surface area (Å²) in [6.45, 7) is 7.90. The van der Waals surface area contributed by atoms with E-state index in [0.717, 1.165) is 51.4 Å². The highest BCUT2D eigenvalue weighted by Gasteiger charge is 2.65. The largest absolute Gasteiger partial charge is 0.633 e. The molecule has 0 heterocycles. The maximum Gasteiger partial charge on any atom is 0.220 e. The normalized spacial score (nSPS) is 45.4. The molecule has 4 N–H and O–H groups in total. The zero-order valence-electron chi connectivity index (χ0n) is 23.3. The highest BCUT2D eigenvalue weighted by molar-refractivity contribution is 5.75. The SMILES string of the molecule is CC(CCC(=O)NCCC[N+](C)(C)[O-])C1CCC2C3C(O)CC4CC(O)CCC4(C)C3CC(O)C12C. The van der Waals surface area contributed by atoms with Crippen molar-refractivity contribution in [1.29, 1.82) is 0 Å². The first-order valence-electron chi connectivity index (χ1n) is 14.6. The van der Waals surface area contributed by atoms with Gasteiger partial charge in [-0.25, -0.2) is 0 Å². The van der Waals surface area contributed by atoms with Crippen LogP contribution in [-0.4, -0.2) is 71.4 Å². The van der Waals surface area contributed by atoms with E-state index >= 15 is 0 Å². The smallest absolute Gasteiger partial charge is 0.220 e. The Morgan fingerprint density at radius 2 is 1.81 bits per heavy atom. The molecular formula is C29H52N2O5. The van der Waals surface area contributed by atoms with Gasteiger partial charge in [0.05, 0.1) is 39.0 Å². The van der Waals surface area contributed by atoms with Crippen molar-refractivity contribution >= 4 is 5.91 Å². The molecule has 4 aliphatic carbocycles. The minimum Gasteiger partial charge on any atom is -0.633 e. The van der Waals surface area contributed by atoms with Gasteiger partial charge in [-0.15, -0.1) is 0 Å². The second kappa shape index (κ2) is 10.4. The van der Waals surface area contributed by atoms with Gasteiger partial charge in [0.25, 0.3) is 0 Å². The average molecular weight is 509 g/mol.